The standard InChI is InChI=1S/C19H24ClF3N4O4S/c20-16-6-5-14(11-15(16)19(21,22)23)32(30,31)27-9-7-26(8-10-27)12-17(28)25-18(29)24-13-3-1-2-4-13/h5-6,11,13H,1-4,7-10,12H2,(H2,24,25,28,29). The summed E-state index contributed by atoms with van der Waals surface area (Å²) in [5.74, 6) is -0.510. The Labute approximate surface area is 189 Å². The van der Waals surface area contributed by atoms with Crippen LogP contribution in [0.25, 0.3) is 0 Å². The minimum absolute atomic E-state index is 0.00609. The van der Waals surface area contributed by atoms with Crippen LogP contribution in [0.4, 0.5) is 18.0 Å². The molecule has 0 aromatic heterocycles. The van der Waals surface area contributed by atoms with Crippen molar-refractivity contribution >= 4 is 33.6 Å². The molecule has 1 aromatic carbocycles. The SMILES string of the molecule is O=C(CN1CCN(S(=O)(=O)c2ccc(Cl)c(C(F)(F)F)c2)CC1)NC(=O)NC1CCCC1. The van der Waals surface area contributed by atoms with Crippen molar-refractivity contribution in [3.63, 3.8) is 0 Å². The van der Waals surface area contributed by atoms with Crippen molar-refractivity contribution in [3.05, 3.63) is 28.8 Å². The highest BCUT2D eigenvalue weighted by atomic mass is 35.5. The number of amides is 3. The number of piperazine rings is 1. The lowest BCUT2D eigenvalue weighted by Crippen LogP contribution is -2.52. The van der Waals surface area contributed by atoms with Crippen LogP contribution in [-0.4, -0.2) is 68.3 Å². The number of benzene rings is 1. The molecule has 178 valence electrons. The lowest BCUT2D eigenvalue weighted by atomic mass is 10.2. The van der Waals surface area contributed by atoms with Crippen molar-refractivity contribution in [1.29, 1.82) is 0 Å². The monoisotopic (exact) mass is 496 g/mol. The molecule has 1 aliphatic heterocycles. The molecule has 2 aliphatic rings. The first-order valence-electron chi connectivity index (χ1n) is 10.2. The molecule has 2 N–H and O–H groups in total. The maximum Gasteiger partial charge on any atom is 0.417 e. The van der Waals surface area contributed by atoms with Crippen LogP contribution in [0.15, 0.2) is 23.1 Å². The molecule has 1 aromatic rings. The smallest absolute Gasteiger partial charge is 0.335 e. The fourth-order valence-corrected chi connectivity index (χ4v) is 5.49. The fraction of sp³-hybridized carbons (Fsp3) is 0.579. The Hall–Kier alpha value is -1.89. The van der Waals surface area contributed by atoms with E-state index in [1.54, 1.807) is 4.90 Å². The van der Waals surface area contributed by atoms with Gasteiger partial charge in [-0.05, 0) is 31.0 Å². The molecule has 0 bridgehead atoms. The summed E-state index contributed by atoms with van der Waals surface area (Å²) < 4.78 is 65.8. The van der Waals surface area contributed by atoms with Gasteiger partial charge in [0.1, 0.15) is 0 Å². The summed E-state index contributed by atoms with van der Waals surface area (Å²) in [6, 6.07) is 2.00. The third-order valence-corrected chi connectivity index (χ3v) is 7.75. The zero-order chi connectivity index (χ0) is 23.5. The summed E-state index contributed by atoms with van der Waals surface area (Å²) in [7, 11) is -4.16. The molecule has 0 atom stereocenters. The second-order valence-electron chi connectivity index (χ2n) is 7.82. The number of carbonyl (C=O) groups excluding carboxylic acids is 2. The first-order chi connectivity index (χ1) is 15.0. The van der Waals surface area contributed by atoms with Crippen LogP contribution >= 0.6 is 11.6 Å². The third kappa shape index (κ3) is 6.12. The highest BCUT2D eigenvalue weighted by molar-refractivity contribution is 7.89. The van der Waals surface area contributed by atoms with Crippen molar-refractivity contribution in [3.8, 4) is 0 Å². The predicted octanol–water partition coefficient (Wildman–Crippen LogP) is 2.43. The Balaban J connectivity index is 1.53. The van der Waals surface area contributed by atoms with Crippen molar-refractivity contribution < 1.29 is 31.2 Å². The van der Waals surface area contributed by atoms with Gasteiger partial charge in [0, 0.05) is 32.2 Å². The molecule has 8 nitrogen and oxygen atoms in total. The van der Waals surface area contributed by atoms with Crippen LogP contribution in [0.3, 0.4) is 0 Å². The maximum absolute atomic E-state index is 13.1. The molecule has 2 fully saturated rings. The highest BCUT2D eigenvalue weighted by Crippen LogP contribution is 2.36. The summed E-state index contributed by atoms with van der Waals surface area (Å²) in [5, 5.41) is 4.43. The van der Waals surface area contributed by atoms with E-state index in [-0.39, 0.29) is 38.8 Å². The van der Waals surface area contributed by atoms with Gasteiger partial charge in [-0.25, -0.2) is 13.2 Å². The lowest BCUT2D eigenvalue weighted by molar-refractivity contribution is -0.137. The number of halogens is 4. The highest BCUT2D eigenvalue weighted by Gasteiger charge is 2.36. The van der Waals surface area contributed by atoms with E-state index in [1.807, 2.05) is 0 Å². The summed E-state index contributed by atoms with van der Waals surface area (Å²) in [6.07, 6.45) is -0.926. The van der Waals surface area contributed by atoms with E-state index < -0.39 is 43.6 Å². The van der Waals surface area contributed by atoms with Crippen molar-refractivity contribution in [1.82, 2.24) is 19.8 Å². The zero-order valence-corrected chi connectivity index (χ0v) is 18.7. The molecule has 3 amide bonds. The van der Waals surface area contributed by atoms with Crippen LogP contribution in [0.2, 0.25) is 5.02 Å². The molecule has 1 aliphatic carbocycles. The van der Waals surface area contributed by atoms with Gasteiger partial charge in [-0.15, -0.1) is 0 Å². The number of alkyl halides is 3. The zero-order valence-electron chi connectivity index (χ0n) is 17.1. The van der Waals surface area contributed by atoms with E-state index in [4.69, 9.17) is 11.6 Å². The topological polar surface area (TPSA) is 98.8 Å². The molecule has 32 heavy (non-hydrogen) atoms. The Kier molecular flexibility index (Phi) is 7.69. The van der Waals surface area contributed by atoms with Crippen LogP contribution in [-0.2, 0) is 21.0 Å². The van der Waals surface area contributed by atoms with Gasteiger partial charge in [-0.1, -0.05) is 24.4 Å². The minimum Gasteiger partial charge on any atom is -0.335 e. The number of rotatable bonds is 5. The number of nitrogens with zero attached hydrogens (tertiary/aromatic N) is 2. The molecule has 0 spiro atoms. The third-order valence-electron chi connectivity index (χ3n) is 5.52. The van der Waals surface area contributed by atoms with E-state index in [1.165, 1.54) is 0 Å². The van der Waals surface area contributed by atoms with Gasteiger partial charge in [-0.2, -0.15) is 17.5 Å². The second-order valence-corrected chi connectivity index (χ2v) is 10.2. The second kappa shape index (κ2) is 9.94. The quantitative estimate of drug-likeness (QED) is 0.652. The molecule has 1 heterocycles. The largest absolute Gasteiger partial charge is 0.417 e. The first kappa shape index (κ1) is 24.7. The normalized spacial score (nSPS) is 19.1. The summed E-state index contributed by atoms with van der Waals surface area (Å²) in [5.41, 5.74) is -1.22. The average molecular weight is 497 g/mol. The fourth-order valence-electron chi connectivity index (χ4n) is 3.82. The van der Waals surface area contributed by atoms with Gasteiger partial charge < -0.3 is 5.32 Å². The van der Waals surface area contributed by atoms with Crippen LogP contribution in [0.5, 0.6) is 0 Å². The average Bonchev–Trinajstić information content (AvgIpc) is 3.20. The molecule has 0 unspecified atom stereocenters. The van der Waals surface area contributed by atoms with Crippen molar-refractivity contribution in [2.24, 2.45) is 0 Å². The van der Waals surface area contributed by atoms with Crippen molar-refractivity contribution in [2.75, 3.05) is 32.7 Å². The Morgan fingerprint density at radius 3 is 2.31 bits per heavy atom. The molecule has 1 saturated heterocycles. The van der Waals surface area contributed by atoms with E-state index >= 15 is 0 Å². The van der Waals surface area contributed by atoms with Gasteiger partial charge in [0.2, 0.25) is 15.9 Å². The van der Waals surface area contributed by atoms with Gasteiger partial charge in [-0.3, -0.25) is 15.0 Å². The predicted molar refractivity (Wildman–Crippen MR) is 111 cm³/mol. The number of sulfonamides is 1. The number of imide groups is 1. The molecular weight excluding hydrogens is 473 g/mol. The number of carbonyl (C=O) groups is 2. The van der Waals surface area contributed by atoms with Crippen molar-refractivity contribution in [2.45, 2.75) is 42.8 Å². The van der Waals surface area contributed by atoms with Gasteiger partial charge in [0.25, 0.3) is 0 Å². The van der Waals surface area contributed by atoms with Crippen LogP contribution < -0.4 is 10.6 Å². The Morgan fingerprint density at radius 1 is 1.09 bits per heavy atom. The Bertz CT molecular complexity index is 960. The maximum atomic E-state index is 13.1. The molecular formula is C19H24ClF3N4O4S. The van der Waals surface area contributed by atoms with E-state index in [9.17, 15) is 31.2 Å². The lowest BCUT2D eigenvalue weighted by Gasteiger charge is -2.33. The number of urea groups is 1. The first-order valence-corrected chi connectivity index (χ1v) is 12.0. The van der Waals surface area contributed by atoms with Gasteiger partial charge >= 0.3 is 12.2 Å². The van der Waals surface area contributed by atoms with E-state index in [0.717, 1.165) is 42.1 Å². The van der Waals surface area contributed by atoms with Gasteiger partial charge in [0.15, 0.2) is 0 Å². The number of hydrogen-bond acceptors (Lipinski definition) is 5. The Morgan fingerprint density at radius 2 is 1.72 bits per heavy atom. The number of hydrogen-bond donors (Lipinski definition) is 2. The molecule has 13 heteroatoms. The van der Waals surface area contributed by atoms with Crippen LogP contribution in [0.1, 0.15) is 31.2 Å². The molecule has 3 rings (SSSR count). The van der Waals surface area contributed by atoms with Crippen LogP contribution in [0, 0.1) is 0 Å². The van der Waals surface area contributed by atoms with E-state index in [2.05, 4.69) is 10.6 Å². The number of nitrogens with one attached hydrogen (secondary N) is 2. The van der Waals surface area contributed by atoms with Gasteiger partial charge in [0.05, 0.1) is 22.0 Å². The summed E-state index contributed by atoms with van der Waals surface area (Å²) >= 11 is 5.57. The minimum atomic E-state index is -4.78. The summed E-state index contributed by atoms with van der Waals surface area (Å²) in [6.45, 7) is 0.278. The molecule has 1 saturated carbocycles. The summed E-state index contributed by atoms with van der Waals surface area (Å²) in [4.78, 5) is 25.1. The van der Waals surface area contributed by atoms with E-state index in [0.29, 0.717) is 6.07 Å². The molecule has 0 radical (unpaired) electrons.